The molecule has 7 heteroatoms. The Hall–Kier alpha value is -0.894. The van der Waals surface area contributed by atoms with Crippen molar-refractivity contribution in [2.24, 2.45) is 0 Å². The summed E-state index contributed by atoms with van der Waals surface area (Å²) in [5.41, 5.74) is 3.73. The average molecular weight is 356 g/mol. The summed E-state index contributed by atoms with van der Waals surface area (Å²) in [6, 6.07) is 9.72. The number of benzene rings is 1. The summed E-state index contributed by atoms with van der Waals surface area (Å²) in [6.07, 6.45) is 1.79. The van der Waals surface area contributed by atoms with E-state index in [0.717, 1.165) is 28.0 Å². The van der Waals surface area contributed by atoms with Crippen LogP contribution in [0.2, 0.25) is 0 Å². The number of hydrogen-bond donors (Lipinski definition) is 1. The van der Waals surface area contributed by atoms with Crippen molar-refractivity contribution in [3.05, 3.63) is 47.8 Å². The van der Waals surface area contributed by atoms with E-state index in [1.807, 2.05) is 37.3 Å². The summed E-state index contributed by atoms with van der Waals surface area (Å²) in [6.45, 7) is 4.16. The molecule has 3 rings (SSSR count). The third-order valence-corrected chi connectivity index (χ3v) is 5.61. The first-order valence-electron chi connectivity index (χ1n) is 7.09. The fraction of sp³-hybridized carbons (Fsp3) is 0.250. The van der Waals surface area contributed by atoms with Crippen LogP contribution in [0.3, 0.4) is 0 Å². The summed E-state index contributed by atoms with van der Waals surface area (Å²) in [4.78, 5) is 13.1. The van der Waals surface area contributed by atoms with Gasteiger partial charge in [-0.3, -0.25) is 9.19 Å². The van der Waals surface area contributed by atoms with Gasteiger partial charge in [0.2, 0.25) is 0 Å². The number of nitrogens with zero attached hydrogens (tertiary/aromatic N) is 2. The molecule has 0 amide bonds. The Morgan fingerprint density at radius 3 is 2.78 bits per heavy atom. The molecule has 0 spiro atoms. The molecule has 1 aromatic carbocycles. The van der Waals surface area contributed by atoms with Crippen molar-refractivity contribution in [3.63, 3.8) is 0 Å². The van der Waals surface area contributed by atoms with Crippen molar-refractivity contribution in [1.82, 2.24) is 15.0 Å². The Labute approximate surface area is 158 Å². The molecule has 114 valence electrons. The molecule has 1 N–H and O–H groups in total. The van der Waals surface area contributed by atoms with Crippen LogP contribution in [-0.2, 0) is 16.6 Å². The third-order valence-electron chi connectivity index (χ3n) is 3.41. The van der Waals surface area contributed by atoms with Gasteiger partial charge in [0.1, 0.15) is 0 Å². The largest absolute Gasteiger partial charge is 2.00 e. The molecule has 0 saturated carbocycles. The summed E-state index contributed by atoms with van der Waals surface area (Å²) >= 11 is 1.78. The minimum absolute atomic E-state index is 0. The van der Waals surface area contributed by atoms with E-state index < -0.39 is 10.8 Å². The van der Waals surface area contributed by atoms with Crippen molar-refractivity contribution < 1.29 is 4.21 Å². The summed E-state index contributed by atoms with van der Waals surface area (Å²) in [5, 5.41) is 0.510. The second-order valence-corrected chi connectivity index (χ2v) is 7.54. The minimum atomic E-state index is -1.23. The van der Waals surface area contributed by atoms with Gasteiger partial charge < -0.3 is 4.98 Å². The first kappa shape index (κ1) is 18.4. The van der Waals surface area contributed by atoms with Gasteiger partial charge in [-0.1, -0.05) is 19.1 Å². The van der Waals surface area contributed by atoms with Crippen LogP contribution in [0.15, 0.2) is 46.6 Å². The van der Waals surface area contributed by atoms with Crippen molar-refractivity contribution in [3.8, 4) is 0 Å². The zero-order chi connectivity index (χ0) is 15.5. The monoisotopic (exact) mass is 355 g/mol. The smallest absolute Gasteiger partial charge is 0.331 e. The van der Waals surface area contributed by atoms with Crippen molar-refractivity contribution >= 4 is 56.6 Å². The van der Waals surface area contributed by atoms with Crippen LogP contribution >= 0.6 is 11.8 Å². The number of aromatic nitrogens is 3. The Bertz CT molecular complexity index is 802. The van der Waals surface area contributed by atoms with Crippen LogP contribution < -0.4 is 0 Å². The predicted molar refractivity (Wildman–Crippen MR) is 97.3 cm³/mol. The van der Waals surface area contributed by atoms with Gasteiger partial charge in [0.25, 0.3) is 0 Å². The number of H-pyrrole nitrogens is 1. The van der Waals surface area contributed by atoms with E-state index in [0.29, 0.717) is 10.9 Å². The zero-order valence-electron chi connectivity index (χ0n) is 13.2. The maximum atomic E-state index is 12.6. The van der Waals surface area contributed by atoms with Gasteiger partial charge >= 0.3 is 23.1 Å². The zero-order valence-corrected chi connectivity index (χ0v) is 16.3. The number of imidazole rings is 1. The molecule has 1 atom stereocenters. The minimum Gasteiger partial charge on any atom is -0.331 e. The van der Waals surface area contributed by atoms with E-state index in [1.54, 1.807) is 18.0 Å². The standard InChI is InChI=1S/C16H17N3OS2.Mg/c1-3-21-15-8-9-17-14(11(15)2)10-22(20)16-18-12-6-4-5-7-13(12)19-16;/h4-9H,3,10H2,1-2H3,(H,18,19);/q;+2. The van der Waals surface area contributed by atoms with Gasteiger partial charge in [0, 0.05) is 11.1 Å². The molecule has 2 heterocycles. The molecule has 3 aromatic rings. The Balaban J connectivity index is 0.00000192. The number of rotatable bonds is 5. The third kappa shape index (κ3) is 4.15. The molecule has 0 aliphatic rings. The topological polar surface area (TPSA) is 58.6 Å². The molecule has 2 aromatic heterocycles. The van der Waals surface area contributed by atoms with Crippen LogP contribution in [-0.4, -0.2) is 48.0 Å². The Morgan fingerprint density at radius 2 is 2.04 bits per heavy atom. The molecular formula is C16H17MgN3OS2+2. The van der Waals surface area contributed by atoms with Gasteiger partial charge in [0.05, 0.1) is 33.3 Å². The molecule has 0 bridgehead atoms. The molecule has 0 fully saturated rings. The molecule has 1 unspecified atom stereocenters. The van der Waals surface area contributed by atoms with Crippen LogP contribution in [0.25, 0.3) is 11.0 Å². The van der Waals surface area contributed by atoms with Gasteiger partial charge in [-0.2, -0.15) is 0 Å². The number of aromatic amines is 1. The maximum absolute atomic E-state index is 12.6. The summed E-state index contributed by atoms with van der Waals surface area (Å²) < 4.78 is 12.6. The molecule has 0 aliphatic carbocycles. The Morgan fingerprint density at radius 1 is 1.26 bits per heavy atom. The first-order valence-corrected chi connectivity index (χ1v) is 9.40. The number of para-hydroxylation sites is 2. The SMILES string of the molecule is CCSc1ccnc(CS(=O)c2nc3ccccc3[nH]2)c1C.[Mg+2]. The van der Waals surface area contributed by atoms with Crippen LogP contribution in [0, 0.1) is 6.92 Å². The van der Waals surface area contributed by atoms with Crippen LogP contribution in [0.1, 0.15) is 18.2 Å². The van der Waals surface area contributed by atoms with E-state index in [2.05, 4.69) is 21.9 Å². The second-order valence-electron chi connectivity index (χ2n) is 4.86. The quantitative estimate of drug-likeness (QED) is 0.563. The first-order chi connectivity index (χ1) is 10.7. The number of nitrogens with one attached hydrogen (secondary N) is 1. The fourth-order valence-electron chi connectivity index (χ4n) is 2.25. The molecule has 0 radical (unpaired) electrons. The maximum Gasteiger partial charge on any atom is 2.00 e. The van der Waals surface area contributed by atoms with Crippen molar-refractivity contribution in [1.29, 1.82) is 0 Å². The Kier molecular flexibility index (Phi) is 6.64. The van der Waals surface area contributed by atoms with E-state index in [4.69, 9.17) is 0 Å². The number of thioether (sulfide) groups is 1. The molecular weight excluding hydrogens is 339 g/mol. The second kappa shape index (κ2) is 8.28. The van der Waals surface area contributed by atoms with Gasteiger partial charge in [-0.25, -0.2) is 4.98 Å². The predicted octanol–water partition coefficient (Wildman–Crippen LogP) is 3.31. The van der Waals surface area contributed by atoms with Crippen molar-refractivity contribution in [2.45, 2.75) is 29.7 Å². The van der Waals surface area contributed by atoms with Crippen molar-refractivity contribution in [2.75, 3.05) is 5.75 Å². The summed E-state index contributed by atoms with van der Waals surface area (Å²) in [5.74, 6) is 1.39. The summed E-state index contributed by atoms with van der Waals surface area (Å²) in [7, 11) is -1.23. The van der Waals surface area contributed by atoms with Gasteiger partial charge in [-0.15, -0.1) is 11.8 Å². The molecule has 0 saturated heterocycles. The average Bonchev–Trinajstić information content (AvgIpc) is 2.95. The normalized spacial score (nSPS) is 12.1. The molecule has 0 aliphatic heterocycles. The number of fused-ring (bicyclic) bond motifs is 1. The van der Waals surface area contributed by atoms with E-state index in [1.165, 1.54) is 4.90 Å². The van der Waals surface area contributed by atoms with E-state index >= 15 is 0 Å². The van der Waals surface area contributed by atoms with E-state index in [9.17, 15) is 4.21 Å². The van der Waals surface area contributed by atoms with E-state index in [-0.39, 0.29) is 23.1 Å². The van der Waals surface area contributed by atoms with Gasteiger partial charge in [0.15, 0.2) is 5.16 Å². The fourth-order valence-corrected chi connectivity index (χ4v) is 4.15. The molecule has 4 nitrogen and oxygen atoms in total. The van der Waals surface area contributed by atoms with Gasteiger partial charge in [-0.05, 0) is 36.4 Å². The van der Waals surface area contributed by atoms with Crippen LogP contribution in [0.5, 0.6) is 0 Å². The number of pyridine rings is 1. The molecule has 23 heavy (non-hydrogen) atoms. The van der Waals surface area contributed by atoms with Crippen LogP contribution in [0.4, 0.5) is 0 Å². The number of hydrogen-bond acceptors (Lipinski definition) is 4.